The molecule has 0 radical (unpaired) electrons. The lowest BCUT2D eigenvalue weighted by atomic mass is 10.3. The second-order valence-corrected chi connectivity index (χ2v) is 4.14. The number of hydrogen-bond donors (Lipinski definition) is 1. The number of hydrogen-bond acceptors (Lipinski definition) is 1. The number of benzene rings is 1. The van der Waals surface area contributed by atoms with E-state index in [1.54, 1.807) is 18.2 Å². The first-order valence-electron chi connectivity index (χ1n) is 3.76. The van der Waals surface area contributed by atoms with E-state index in [4.69, 9.17) is 46.4 Å². The molecule has 0 aliphatic heterocycles. The molecule has 1 aromatic carbocycles. The van der Waals surface area contributed by atoms with Crippen LogP contribution in [0.2, 0.25) is 10.0 Å². The lowest BCUT2D eigenvalue weighted by molar-refractivity contribution is 1.31. The van der Waals surface area contributed by atoms with Gasteiger partial charge in [0.25, 0.3) is 0 Å². The van der Waals surface area contributed by atoms with Gasteiger partial charge in [0.2, 0.25) is 0 Å². The summed E-state index contributed by atoms with van der Waals surface area (Å²) in [6, 6.07) is 5.17. The minimum atomic E-state index is 0.446. The van der Waals surface area contributed by atoms with Gasteiger partial charge in [-0.2, -0.15) is 0 Å². The molecular weight excluding hydrogens is 264 g/mol. The smallest absolute Gasteiger partial charge is 0.0516 e. The number of nitrogens with one attached hydrogen (secondary N) is 1. The highest BCUT2D eigenvalue weighted by atomic mass is 35.5. The Kier molecular flexibility index (Phi) is 4.90. The zero-order chi connectivity index (χ0) is 10.6. The molecule has 0 bridgehead atoms. The standard InChI is InChI=1S/C9H7Cl4N/c10-4-8(13)5-14-9-2-6(11)1-7(12)3-9/h1-4,14H,5H2/b8-4+. The van der Waals surface area contributed by atoms with E-state index in [1.165, 1.54) is 5.54 Å². The zero-order valence-corrected chi connectivity index (χ0v) is 10.1. The van der Waals surface area contributed by atoms with Crippen molar-refractivity contribution < 1.29 is 0 Å². The van der Waals surface area contributed by atoms with Gasteiger partial charge in [-0.1, -0.05) is 46.4 Å². The van der Waals surface area contributed by atoms with Crippen LogP contribution in [0.4, 0.5) is 5.69 Å². The number of halogens is 4. The molecule has 0 saturated heterocycles. The van der Waals surface area contributed by atoms with Crippen LogP contribution in [0.3, 0.4) is 0 Å². The lowest BCUT2D eigenvalue weighted by Gasteiger charge is -2.05. The van der Waals surface area contributed by atoms with Gasteiger partial charge in [-0.3, -0.25) is 0 Å². The molecule has 0 amide bonds. The van der Waals surface area contributed by atoms with Crippen LogP contribution in [0.5, 0.6) is 0 Å². The average molecular weight is 271 g/mol. The highest BCUT2D eigenvalue weighted by Crippen LogP contribution is 2.22. The van der Waals surface area contributed by atoms with E-state index < -0.39 is 0 Å². The molecule has 0 heterocycles. The Bertz CT molecular complexity index is 328. The minimum Gasteiger partial charge on any atom is -0.380 e. The molecule has 0 aromatic heterocycles. The monoisotopic (exact) mass is 269 g/mol. The molecule has 0 saturated carbocycles. The Morgan fingerprint density at radius 3 is 2.29 bits per heavy atom. The normalized spacial score (nSPS) is 11.6. The molecule has 0 aliphatic carbocycles. The van der Waals surface area contributed by atoms with Crippen molar-refractivity contribution in [3.63, 3.8) is 0 Å². The molecular formula is C9H7Cl4N. The summed E-state index contributed by atoms with van der Waals surface area (Å²) in [5.41, 5.74) is 2.11. The second kappa shape index (κ2) is 5.72. The van der Waals surface area contributed by atoms with Crippen LogP contribution >= 0.6 is 46.4 Å². The van der Waals surface area contributed by atoms with Crippen LogP contribution in [-0.2, 0) is 0 Å². The Labute approximate surface area is 103 Å². The van der Waals surface area contributed by atoms with Gasteiger partial charge in [0.05, 0.1) is 6.54 Å². The van der Waals surface area contributed by atoms with Crippen molar-refractivity contribution in [2.45, 2.75) is 0 Å². The Hall–Kier alpha value is -0.0800. The first-order valence-corrected chi connectivity index (χ1v) is 5.33. The van der Waals surface area contributed by atoms with E-state index in [2.05, 4.69) is 5.32 Å². The highest BCUT2D eigenvalue weighted by Gasteiger charge is 1.98. The fraction of sp³-hybridized carbons (Fsp3) is 0.111. The second-order valence-electron chi connectivity index (χ2n) is 2.57. The Morgan fingerprint density at radius 1 is 1.21 bits per heavy atom. The van der Waals surface area contributed by atoms with Gasteiger partial charge in [0.15, 0.2) is 0 Å². The summed E-state index contributed by atoms with van der Waals surface area (Å²) in [7, 11) is 0. The maximum absolute atomic E-state index is 5.80. The molecule has 0 fully saturated rings. The molecule has 1 nitrogen and oxygen atoms in total. The minimum absolute atomic E-state index is 0.446. The van der Waals surface area contributed by atoms with Crippen molar-refractivity contribution in [3.05, 3.63) is 38.8 Å². The number of rotatable bonds is 3. The van der Waals surface area contributed by atoms with E-state index in [-0.39, 0.29) is 0 Å². The van der Waals surface area contributed by atoms with Crippen LogP contribution in [-0.4, -0.2) is 6.54 Å². The van der Waals surface area contributed by atoms with Gasteiger partial charge in [-0.15, -0.1) is 0 Å². The molecule has 0 aliphatic rings. The van der Waals surface area contributed by atoms with Crippen molar-refractivity contribution in [3.8, 4) is 0 Å². The fourth-order valence-corrected chi connectivity index (χ4v) is 1.55. The predicted molar refractivity (Wildman–Crippen MR) is 64.7 cm³/mol. The first kappa shape index (κ1) is 12.0. The molecule has 0 atom stereocenters. The molecule has 0 unspecified atom stereocenters. The van der Waals surface area contributed by atoms with E-state index >= 15 is 0 Å². The summed E-state index contributed by atoms with van der Waals surface area (Å²) in [4.78, 5) is 0. The van der Waals surface area contributed by atoms with Crippen molar-refractivity contribution in [2.24, 2.45) is 0 Å². The molecule has 5 heteroatoms. The average Bonchev–Trinajstić information content (AvgIpc) is 2.12. The topological polar surface area (TPSA) is 12.0 Å². The lowest BCUT2D eigenvalue weighted by Crippen LogP contribution is -2.00. The van der Waals surface area contributed by atoms with Gasteiger partial charge < -0.3 is 5.32 Å². The summed E-state index contributed by atoms with van der Waals surface area (Å²) in [5, 5.41) is 4.69. The summed E-state index contributed by atoms with van der Waals surface area (Å²) < 4.78 is 0. The van der Waals surface area contributed by atoms with Gasteiger partial charge in [0.1, 0.15) is 0 Å². The van der Waals surface area contributed by atoms with Crippen LogP contribution in [0.25, 0.3) is 0 Å². The van der Waals surface area contributed by atoms with Crippen LogP contribution in [0.15, 0.2) is 28.8 Å². The summed E-state index contributed by atoms with van der Waals surface area (Å²) in [5.74, 6) is 0. The third-order valence-corrected chi connectivity index (χ3v) is 2.50. The Balaban J connectivity index is 2.67. The third-order valence-electron chi connectivity index (χ3n) is 1.44. The molecule has 76 valence electrons. The van der Waals surface area contributed by atoms with Gasteiger partial charge in [-0.05, 0) is 18.2 Å². The summed E-state index contributed by atoms with van der Waals surface area (Å²) >= 11 is 22.7. The molecule has 0 spiro atoms. The molecule has 1 N–H and O–H groups in total. The van der Waals surface area contributed by atoms with Crippen molar-refractivity contribution in [2.75, 3.05) is 11.9 Å². The van der Waals surface area contributed by atoms with Gasteiger partial charge in [-0.25, -0.2) is 0 Å². The van der Waals surface area contributed by atoms with Crippen molar-refractivity contribution >= 4 is 52.1 Å². The van der Waals surface area contributed by atoms with E-state index in [0.717, 1.165) is 5.69 Å². The number of anilines is 1. The molecule has 14 heavy (non-hydrogen) atoms. The van der Waals surface area contributed by atoms with Gasteiger partial charge >= 0.3 is 0 Å². The first-order chi connectivity index (χ1) is 6.61. The molecule has 1 aromatic rings. The Morgan fingerprint density at radius 2 is 1.79 bits per heavy atom. The van der Waals surface area contributed by atoms with Crippen LogP contribution in [0, 0.1) is 0 Å². The van der Waals surface area contributed by atoms with E-state index in [1.807, 2.05) is 0 Å². The predicted octanol–water partition coefficient (Wildman–Crippen LogP) is 4.72. The van der Waals surface area contributed by atoms with E-state index in [0.29, 0.717) is 21.6 Å². The molecule has 1 rings (SSSR count). The largest absolute Gasteiger partial charge is 0.380 e. The SMILES string of the molecule is Cl/C=C(/Cl)CNc1cc(Cl)cc(Cl)c1. The highest BCUT2D eigenvalue weighted by molar-refractivity contribution is 6.37. The van der Waals surface area contributed by atoms with E-state index in [9.17, 15) is 0 Å². The summed E-state index contributed by atoms with van der Waals surface area (Å²) in [6.45, 7) is 0.446. The third kappa shape index (κ3) is 3.97. The van der Waals surface area contributed by atoms with Crippen LogP contribution < -0.4 is 5.32 Å². The fourth-order valence-electron chi connectivity index (χ4n) is 0.881. The van der Waals surface area contributed by atoms with Crippen molar-refractivity contribution in [1.29, 1.82) is 0 Å². The zero-order valence-electron chi connectivity index (χ0n) is 7.03. The maximum Gasteiger partial charge on any atom is 0.0516 e. The maximum atomic E-state index is 5.80. The quantitative estimate of drug-likeness (QED) is 0.838. The summed E-state index contributed by atoms with van der Waals surface area (Å²) in [6.07, 6.45) is 0. The van der Waals surface area contributed by atoms with Crippen LogP contribution in [0.1, 0.15) is 0 Å². The van der Waals surface area contributed by atoms with Crippen molar-refractivity contribution in [1.82, 2.24) is 0 Å². The van der Waals surface area contributed by atoms with Gasteiger partial charge in [0, 0.05) is 26.3 Å².